The lowest BCUT2D eigenvalue weighted by Crippen LogP contribution is -2.02. The Morgan fingerprint density at radius 1 is 1.23 bits per heavy atom. The maximum absolute atomic E-state index is 14.2. The average molecular weight is 428 g/mol. The van der Waals surface area contributed by atoms with E-state index in [4.69, 9.17) is 4.74 Å². The number of halogens is 1. The van der Waals surface area contributed by atoms with Gasteiger partial charge in [-0.2, -0.15) is 4.68 Å². The smallest absolute Gasteiger partial charge is 0.342 e. The third kappa shape index (κ3) is 5.04. The first-order chi connectivity index (χ1) is 14.4. The van der Waals surface area contributed by atoms with Crippen LogP contribution in [0.5, 0.6) is 11.5 Å². The molecule has 0 atom stereocenters. The quantitative estimate of drug-likeness (QED) is 0.510. The highest BCUT2D eigenvalue weighted by molar-refractivity contribution is 8.03. The van der Waals surface area contributed by atoms with Crippen molar-refractivity contribution < 1.29 is 19.0 Å². The molecule has 156 valence electrons. The molecule has 0 fully saturated rings. The summed E-state index contributed by atoms with van der Waals surface area (Å²) in [5, 5.41) is 20.7. The molecule has 1 heterocycles. The summed E-state index contributed by atoms with van der Waals surface area (Å²) in [5.41, 5.74) is 3.06. The van der Waals surface area contributed by atoms with Crippen molar-refractivity contribution in [3.8, 4) is 17.2 Å². The van der Waals surface area contributed by atoms with E-state index in [0.29, 0.717) is 28.5 Å². The molecule has 1 N–H and O–H groups in total. The van der Waals surface area contributed by atoms with Crippen LogP contribution in [0.1, 0.15) is 31.4 Å². The first-order valence-electron chi connectivity index (χ1n) is 9.25. The summed E-state index contributed by atoms with van der Waals surface area (Å²) < 4.78 is 21.4. The Bertz CT molecular complexity index is 1080. The highest BCUT2D eigenvalue weighted by atomic mass is 32.2. The van der Waals surface area contributed by atoms with E-state index in [2.05, 4.69) is 15.5 Å². The molecule has 0 saturated heterocycles. The van der Waals surface area contributed by atoms with Gasteiger partial charge in [-0.1, -0.05) is 24.6 Å². The van der Waals surface area contributed by atoms with Crippen LogP contribution in [-0.2, 0) is 10.5 Å². The molecule has 2 aromatic carbocycles. The van der Waals surface area contributed by atoms with E-state index >= 15 is 0 Å². The predicted octanol–water partition coefficient (Wildman–Crippen LogP) is 4.90. The number of thioether (sulfide) groups is 1. The summed E-state index contributed by atoms with van der Waals surface area (Å²) in [7, 11) is 0. The number of carboxylic acids is 1. The molecule has 3 aromatic rings. The van der Waals surface area contributed by atoms with Crippen LogP contribution in [0.3, 0.4) is 0 Å². The SMILES string of the molecule is CC/C(C)=C(/SCc1ccc(Oc2cc(C)ccc2F)c(-n2cnnn2)c1)C(=O)O. The topological polar surface area (TPSA) is 90.1 Å². The Morgan fingerprint density at radius 2 is 2.03 bits per heavy atom. The largest absolute Gasteiger partial charge is 0.477 e. The molecule has 7 nitrogen and oxygen atoms in total. The van der Waals surface area contributed by atoms with Crippen molar-refractivity contribution in [2.24, 2.45) is 0 Å². The molecule has 0 spiro atoms. The molecule has 30 heavy (non-hydrogen) atoms. The Kier molecular flexibility index (Phi) is 6.83. The Balaban J connectivity index is 1.92. The van der Waals surface area contributed by atoms with Gasteiger partial charge in [0.2, 0.25) is 0 Å². The molecule has 0 radical (unpaired) electrons. The fourth-order valence-electron chi connectivity index (χ4n) is 2.68. The van der Waals surface area contributed by atoms with Gasteiger partial charge >= 0.3 is 5.97 Å². The predicted molar refractivity (Wildman–Crippen MR) is 112 cm³/mol. The van der Waals surface area contributed by atoms with Gasteiger partial charge in [0.1, 0.15) is 12.0 Å². The maximum Gasteiger partial charge on any atom is 0.342 e. The minimum Gasteiger partial charge on any atom is -0.477 e. The molecule has 0 unspecified atom stereocenters. The molecule has 0 amide bonds. The zero-order valence-electron chi connectivity index (χ0n) is 16.8. The Labute approximate surface area is 177 Å². The number of aliphatic carboxylic acids is 1. The van der Waals surface area contributed by atoms with Crippen molar-refractivity contribution in [3.63, 3.8) is 0 Å². The molecule has 0 aliphatic rings. The van der Waals surface area contributed by atoms with Gasteiger partial charge in [-0.15, -0.1) is 16.9 Å². The van der Waals surface area contributed by atoms with Crippen LogP contribution in [0.15, 0.2) is 53.2 Å². The van der Waals surface area contributed by atoms with Crippen molar-refractivity contribution in [2.45, 2.75) is 32.9 Å². The Morgan fingerprint density at radius 3 is 2.70 bits per heavy atom. The second-order valence-corrected chi connectivity index (χ2v) is 7.63. The van der Waals surface area contributed by atoms with Gasteiger partial charge in [-0.3, -0.25) is 0 Å². The summed E-state index contributed by atoms with van der Waals surface area (Å²) in [4.78, 5) is 11.9. The molecule has 9 heteroatoms. The first kappa shape index (κ1) is 21.5. The fraction of sp³-hybridized carbons (Fsp3) is 0.238. The van der Waals surface area contributed by atoms with Crippen molar-refractivity contribution in [1.82, 2.24) is 20.2 Å². The number of aromatic nitrogens is 4. The zero-order valence-corrected chi connectivity index (χ0v) is 17.6. The molecule has 0 aliphatic heterocycles. The van der Waals surface area contributed by atoms with E-state index in [9.17, 15) is 14.3 Å². The fourth-order valence-corrected chi connectivity index (χ4v) is 3.69. The van der Waals surface area contributed by atoms with E-state index in [1.807, 2.05) is 26.8 Å². The van der Waals surface area contributed by atoms with E-state index in [1.54, 1.807) is 24.3 Å². The van der Waals surface area contributed by atoms with Crippen LogP contribution in [0.25, 0.3) is 5.69 Å². The van der Waals surface area contributed by atoms with Crippen LogP contribution in [0.2, 0.25) is 0 Å². The molecule has 0 saturated carbocycles. The molecular formula is C21H21FN4O3S. The second-order valence-electron chi connectivity index (χ2n) is 6.65. The third-order valence-electron chi connectivity index (χ3n) is 4.42. The van der Waals surface area contributed by atoms with Gasteiger partial charge in [-0.05, 0) is 66.1 Å². The first-order valence-corrected chi connectivity index (χ1v) is 10.2. The van der Waals surface area contributed by atoms with Crippen LogP contribution in [0.4, 0.5) is 4.39 Å². The third-order valence-corrected chi connectivity index (χ3v) is 5.71. The lowest BCUT2D eigenvalue weighted by atomic mass is 10.2. The molecule has 0 aliphatic carbocycles. The zero-order chi connectivity index (χ0) is 21.7. The summed E-state index contributed by atoms with van der Waals surface area (Å²) in [6.45, 7) is 5.59. The van der Waals surface area contributed by atoms with Crippen LogP contribution < -0.4 is 4.74 Å². The van der Waals surface area contributed by atoms with E-state index in [-0.39, 0.29) is 5.75 Å². The number of rotatable bonds is 8. The van der Waals surface area contributed by atoms with Gasteiger partial charge in [0.15, 0.2) is 17.3 Å². The number of allylic oxidation sites excluding steroid dienone is 1. The molecule has 0 bridgehead atoms. The molecular weight excluding hydrogens is 407 g/mol. The molecule has 1 aromatic heterocycles. The number of benzene rings is 2. The van der Waals surface area contributed by atoms with Crippen LogP contribution in [-0.4, -0.2) is 31.3 Å². The van der Waals surface area contributed by atoms with Crippen molar-refractivity contribution in [1.29, 1.82) is 0 Å². The summed E-state index contributed by atoms with van der Waals surface area (Å²) in [5.74, 6) is -0.503. The van der Waals surface area contributed by atoms with E-state index in [0.717, 1.165) is 16.7 Å². The van der Waals surface area contributed by atoms with Gasteiger partial charge in [-0.25, -0.2) is 9.18 Å². The van der Waals surface area contributed by atoms with Crippen LogP contribution in [0, 0.1) is 12.7 Å². The highest BCUT2D eigenvalue weighted by Crippen LogP contribution is 2.33. The number of hydrogen-bond donors (Lipinski definition) is 1. The molecule has 3 rings (SSSR count). The number of aryl methyl sites for hydroxylation is 1. The van der Waals surface area contributed by atoms with Gasteiger partial charge in [0.05, 0.1) is 4.91 Å². The lowest BCUT2D eigenvalue weighted by molar-refractivity contribution is -0.131. The number of nitrogens with zero attached hydrogens (tertiary/aromatic N) is 4. The van der Waals surface area contributed by atoms with Crippen molar-refractivity contribution in [2.75, 3.05) is 0 Å². The monoisotopic (exact) mass is 428 g/mol. The van der Waals surface area contributed by atoms with E-state index < -0.39 is 11.8 Å². The van der Waals surface area contributed by atoms with Gasteiger partial charge < -0.3 is 9.84 Å². The minimum absolute atomic E-state index is 0.0983. The minimum atomic E-state index is -0.935. The number of ether oxygens (including phenoxy) is 1. The number of carbonyl (C=O) groups is 1. The van der Waals surface area contributed by atoms with Crippen LogP contribution >= 0.6 is 11.8 Å². The Hall–Kier alpha value is -3.20. The normalized spacial score (nSPS) is 11.9. The maximum atomic E-state index is 14.2. The summed E-state index contributed by atoms with van der Waals surface area (Å²) >= 11 is 1.25. The highest BCUT2D eigenvalue weighted by Gasteiger charge is 2.15. The lowest BCUT2D eigenvalue weighted by Gasteiger charge is -2.13. The van der Waals surface area contributed by atoms with Gasteiger partial charge in [0, 0.05) is 5.75 Å². The van der Waals surface area contributed by atoms with Gasteiger partial charge in [0.25, 0.3) is 0 Å². The summed E-state index contributed by atoms with van der Waals surface area (Å²) in [6.07, 6.45) is 2.08. The van der Waals surface area contributed by atoms with Crippen molar-refractivity contribution >= 4 is 17.7 Å². The standard InChI is InChI=1S/C21H21FN4O3S/c1-4-14(3)20(21(27)28)30-11-15-6-8-18(17(10-15)26-12-23-24-25-26)29-19-9-13(2)5-7-16(19)22/h5-10,12H,4,11H2,1-3H3,(H,27,28)/b20-14+. The average Bonchev–Trinajstić information content (AvgIpc) is 3.26. The summed E-state index contributed by atoms with van der Waals surface area (Å²) in [6, 6.07) is 9.93. The number of carboxylic acid groups (broad SMARTS) is 1. The van der Waals surface area contributed by atoms with Crippen molar-refractivity contribution in [3.05, 3.63) is 70.1 Å². The second kappa shape index (κ2) is 9.53. The van der Waals surface area contributed by atoms with E-state index in [1.165, 1.54) is 28.8 Å². The number of hydrogen-bond acceptors (Lipinski definition) is 6. The number of tetrazole rings is 1.